The molecule has 1 aliphatic heterocycles. The van der Waals surface area contributed by atoms with E-state index in [0.717, 1.165) is 11.3 Å². The van der Waals surface area contributed by atoms with E-state index in [1.165, 1.54) is 0 Å². The molecule has 1 saturated heterocycles. The van der Waals surface area contributed by atoms with Crippen LogP contribution >= 0.6 is 0 Å². The van der Waals surface area contributed by atoms with Crippen molar-refractivity contribution in [3.63, 3.8) is 0 Å². The lowest BCUT2D eigenvalue weighted by Gasteiger charge is -2.38. The van der Waals surface area contributed by atoms with Crippen LogP contribution in [0.1, 0.15) is 25.3 Å². The fourth-order valence-electron chi connectivity index (χ4n) is 3.18. The highest BCUT2D eigenvalue weighted by molar-refractivity contribution is 5.79. The number of rotatable bonds is 4. The summed E-state index contributed by atoms with van der Waals surface area (Å²) >= 11 is 0. The Bertz CT molecular complexity index is 728. The van der Waals surface area contributed by atoms with Crippen molar-refractivity contribution in [2.45, 2.75) is 39.3 Å². The maximum Gasteiger partial charge on any atom is 0.229 e. The summed E-state index contributed by atoms with van der Waals surface area (Å²) in [6, 6.07) is 7.64. The lowest BCUT2D eigenvalue weighted by Crippen LogP contribution is -2.53. The molecule has 0 bridgehead atoms. The van der Waals surface area contributed by atoms with Gasteiger partial charge in [-0.25, -0.2) is 4.98 Å². The van der Waals surface area contributed by atoms with Crippen LogP contribution in [0.3, 0.4) is 0 Å². The first-order valence-electron chi connectivity index (χ1n) is 8.49. The number of carbonyl (C=O) groups excluding carboxylic acids is 1. The molecule has 2 heterocycles. The first-order valence-corrected chi connectivity index (χ1v) is 8.49. The standard InChI is InChI=1S/C19H24N2O4/c1-12-10-24-11-13(2)21(12)18(22)9-17-14(3)25-19(20-17)15-5-7-16(23-4)8-6-15/h5-8,12-13H,9-11H2,1-4H3. The van der Waals surface area contributed by atoms with Crippen LogP contribution in [0.15, 0.2) is 28.7 Å². The van der Waals surface area contributed by atoms with Crippen molar-refractivity contribution in [1.29, 1.82) is 0 Å². The molecule has 2 aromatic rings. The van der Waals surface area contributed by atoms with Crippen LogP contribution in [0.5, 0.6) is 5.75 Å². The van der Waals surface area contributed by atoms with Gasteiger partial charge in [0.25, 0.3) is 0 Å². The van der Waals surface area contributed by atoms with Crippen LogP contribution < -0.4 is 4.74 Å². The fraction of sp³-hybridized carbons (Fsp3) is 0.474. The topological polar surface area (TPSA) is 64.8 Å². The minimum absolute atomic E-state index is 0.0565. The third-order valence-electron chi connectivity index (χ3n) is 4.50. The van der Waals surface area contributed by atoms with Gasteiger partial charge in [-0.3, -0.25) is 4.79 Å². The van der Waals surface area contributed by atoms with Crippen LogP contribution in [-0.4, -0.2) is 48.2 Å². The molecule has 1 aromatic heterocycles. The van der Waals surface area contributed by atoms with Gasteiger partial charge in [0.05, 0.1) is 44.5 Å². The molecule has 2 unspecified atom stereocenters. The molecule has 2 atom stereocenters. The Balaban J connectivity index is 1.76. The summed E-state index contributed by atoms with van der Waals surface area (Å²) in [5.41, 5.74) is 1.54. The fourth-order valence-corrected chi connectivity index (χ4v) is 3.18. The molecule has 25 heavy (non-hydrogen) atoms. The highest BCUT2D eigenvalue weighted by atomic mass is 16.5. The van der Waals surface area contributed by atoms with Crippen molar-refractivity contribution in [1.82, 2.24) is 9.88 Å². The van der Waals surface area contributed by atoms with Gasteiger partial charge < -0.3 is 18.8 Å². The van der Waals surface area contributed by atoms with E-state index in [-0.39, 0.29) is 24.4 Å². The number of aryl methyl sites for hydroxylation is 1. The lowest BCUT2D eigenvalue weighted by atomic mass is 10.1. The maximum atomic E-state index is 12.7. The van der Waals surface area contributed by atoms with Crippen molar-refractivity contribution < 1.29 is 18.7 Å². The first kappa shape index (κ1) is 17.5. The molecule has 1 amide bonds. The van der Waals surface area contributed by atoms with Gasteiger partial charge in [0.1, 0.15) is 11.5 Å². The number of oxazole rings is 1. The number of morpholine rings is 1. The Morgan fingerprint density at radius 2 is 1.88 bits per heavy atom. The number of ether oxygens (including phenoxy) is 2. The summed E-state index contributed by atoms with van der Waals surface area (Å²) < 4.78 is 16.4. The van der Waals surface area contributed by atoms with E-state index in [1.54, 1.807) is 7.11 Å². The molecule has 0 saturated carbocycles. The zero-order valence-electron chi connectivity index (χ0n) is 15.1. The summed E-state index contributed by atoms with van der Waals surface area (Å²) in [6.45, 7) is 7.00. The predicted molar refractivity (Wildman–Crippen MR) is 93.5 cm³/mol. The van der Waals surface area contributed by atoms with Gasteiger partial charge in [0.15, 0.2) is 0 Å². The van der Waals surface area contributed by atoms with E-state index >= 15 is 0 Å². The molecular formula is C19H24N2O4. The van der Waals surface area contributed by atoms with E-state index in [2.05, 4.69) is 4.98 Å². The summed E-state index contributed by atoms with van der Waals surface area (Å²) in [5.74, 6) is 2.03. The Kier molecular flexibility index (Phi) is 5.08. The molecule has 0 radical (unpaired) electrons. The predicted octanol–water partition coefficient (Wildman–Crippen LogP) is 2.84. The highest BCUT2D eigenvalue weighted by Crippen LogP contribution is 2.25. The molecule has 3 rings (SSSR count). The van der Waals surface area contributed by atoms with Crippen LogP contribution in [0.25, 0.3) is 11.5 Å². The Hall–Kier alpha value is -2.34. The number of aromatic nitrogens is 1. The summed E-state index contributed by atoms with van der Waals surface area (Å²) in [5, 5.41) is 0. The highest BCUT2D eigenvalue weighted by Gasteiger charge is 2.30. The van der Waals surface area contributed by atoms with E-state index in [4.69, 9.17) is 13.9 Å². The Labute approximate surface area is 147 Å². The molecule has 6 nitrogen and oxygen atoms in total. The molecule has 0 spiro atoms. The minimum atomic E-state index is 0.0565. The van der Waals surface area contributed by atoms with Gasteiger partial charge in [-0.05, 0) is 45.0 Å². The number of carbonyl (C=O) groups is 1. The average Bonchev–Trinajstić information content (AvgIpc) is 2.95. The molecule has 0 N–H and O–H groups in total. The molecule has 0 aliphatic carbocycles. The average molecular weight is 344 g/mol. The quantitative estimate of drug-likeness (QED) is 0.853. The smallest absolute Gasteiger partial charge is 0.229 e. The van der Waals surface area contributed by atoms with E-state index in [9.17, 15) is 4.79 Å². The summed E-state index contributed by atoms with van der Waals surface area (Å²) in [7, 11) is 1.63. The van der Waals surface area contributed by atoms with Crippen molar-refractivity contribution in [2.75, 3.05) is 20.3 Å². The van der Waals surface area contributed by atoms with Gasteiger partial charge in [-0.1, -0.05) is 0 Å². The number of hydrogen-bond acceptors (Lipinski definition) is 5. The zero-order chi connectivity index (χ0) is 18.0. The van der Waals surface area contributed by atoms with Crippen LogP contribution in [0.2, 0.25) is 0 Å². The van der Waals surface area contributed by atoms with Crippen molar-refractivity contribution in [2.24, 2.45) is 0 Å². The van der Waals surface area contributed by atoms with Crippen molar-refractivity contribution in [3.8, 4) is 17.2 Å². The van der Waals surface area contributed by atoms with Crippen LogP contribution in [0, 0.1) is 6.92 Å². The maximum absolute atomic E-state index is 12.7. The van der Waals surface area contributed by atoms with Gasteiger partial charge in [-0.2, -0.15) is 0 Å². The van der Waals surface area contributed by atoms with Gasteiger partial charge in [0.2, 0.25) is 11.8 Å². The van der Waals surface area contributed by atoms with Crippen molar-refractivity contribution >= 4 is 5.91 Å². The van der Waals surface area contributed by atoms with Crippen LogP contribution in [0.4, 0.5) is 0 Å². The molecule has 6 heteroatoms. The first-order chi connectivity index (χ1) is 12.0. The van der Waals surface area contributed by atoms with E-state index in [1.807, 2.05) is 49.9 Å². The second kappa shape index (κ2) is 7.27. The van der Waals surface area contributed by atoms with Crippen molar-refractivity contribution in [3.05, 3.63) is 35.7 Å². The monoisotopic (exact) mass is 344 g/mol. The molecule has 134 valence electrons. The lowest BCUT2D eigenvalue weighted by molar-refractivity contribution is -0.143. The number of hydrogen-bond donors (Lipinski definition) is 0. The third-order valence-corrected chi connectivity index (χ3v) is 4.50. The Morgan fingerprint density at radius 1 is 1.24 bits per heavy atom. The summed E-state index contributed by atoms with van der Waals surface area (Å²) in [4.78, 5) is 19.2. The third kappa shape index (κ3) is 3.69. The summed E-state index contributed by atoms with van der Waals surface area (Å²) in [6.07, 6.45) is 0.236. The second-order valence-corrected chi connectivity index (χ2v) is 6.46. The second-order valence-electron chi connectivity index (χ2n) is 6.46. The van der Waals surface area contributed by atoms with Crippen LogP contribution in [-0.2, 0) is 16.0 Å². The largest absolute Gasteiger partial charge is 0.497 e. The van der Waals surface area contributed by atoms with E-state index < -0.39 is 0 Å². The molecule has 1 fully saturated rings. The van der Waals surface area contributed by atoms with Gasteiger partial charge >= 0.3 is 0 Å². The number of nitrogens with zero attached hydrogens (tertiary/aromatic N) is 2. The number of methoxy groups -OCH3 is 1. The van der Waals surface area contributed by atoms with Gasteiger partial charge in [-0.15, -0.1) is 0 Å². The molecule has 1 aromatic carbocycles. The number of benzene rings is 1. The van der Waals surface area contributed by atoms with Gasteiger partial charge in [0, 0.05) is 5.56 Å². The normalized spacial score (nSPS) is 20.6. The zero-order valence-corrected chi connectivity index (χ0v) is 15.1. The number of amides is 1. The molecular weight excluding hydrogens is 320 g/mol. The SMILES string of the molecule is COc1ccc(-c2nc(CC(=O)N3C(C)COCC3C)c(C)o2)cc1. The van der Waals surface area contributed by atoms with E-state index in [0.29, 0.717) is 30.6 Å². The minimum Gasteiger partial charge on any atom is -0.497 e. The Morgan fingerprint density at radius 3 is 2.48 bits per heavy atom. The molecule has 1 aliphatic rings.